The Bertz CT molecular complexity index is 2620. The molecule has 1 aliphatic heterocycles. The van der Waals surface area contributed by atoms with Gasteiger partial charge in [0.15, 0.2) is 17.2 Å². The van der Waals surface area contributed by atoms with Gasteiger partial charge in [-0.25, -0.2) is 32.5 Å². The average Bonchev–Trinajstić information content (AvgIpc) is 3.56. The zero-order chi connectivity index (χ0) is 38.6. The van der Waals surface area contributed by atoms with Gasteiger partial charge in [-0.2, -0.15) is 0 Å². The third-order valence-corrected chi connectivity index (χ3v) is 9.68. The van der Waals surface area contributed by atoms with Gasteiger partial charge in [-0.1, -0.05) is 89.4 Å². The van der Waals surface area contributed by atoms with Crippen LogP contribution in [0.5, 0.6) is 0 Å². The number of fused-ring (bicyclic) bond motifs is 4. The first-order valence-corrected chi connectivity index (χ1v) is 18.9. The van der Waals surface area contributed by atoms with E-state index >= 15 is 0 Å². The molecule has 0 bridgehead atoms. The average molecular weight is 780 g/mol. The molecule has 0 radical (unpaired) electrons. The van der Waals surface area contributed by atoms with Crippen molar-refractivity contribution >= 4 is 84.4 Å². The van der Waals surface area contributed by atoms with E-state index in [1.54, 1.807) is 12.1 Å². The summed E-state index contributed by atoms with van der Waals surface area (Å²) < 4.78 is 35.3. The minimum absolute atomic E-state index is 0.178. The summed E-state index contributed by atoms with van der Waals surface area (Å²) in [7, 11) is -4.27. The molecule has 14 heteroatoms. The third-order valence-electron chi connectivity index (χ3n) is 8.36. The standard InChI is InChI=1S/C33H29Cl2N8.C7H8O3S/c1-5-16-40-28(42(18-7-3)32-30(40)36-24-14-12-22(34)20-26(24)38-32)10-9-11-29-41(17-6-2)31-33(43(29)19-8-4)39-27-21-23(35)13-15-25(27)37-31;1-6-2-4-7(5-3-6)11(8,9)10/h5-15,20-21H,1-4,16-19H2;2-5H,1H3,(H,8,9,10)/q+1;/p-1. The van der Waals surface area contributed by atoms with Gasteiger partial charge in [0.25, 0.3) is 5.65 Å². The molecule has 1 aliphatic rings. The molecule has 274 valence electrons. The Morgan fingerprint density at radius 2 is 1.30 bits per heavy atom. The normalized spacial score (nSPS) is 13.4. The highest BCUT2D eigenvalue weighted by molar-refractivity contribution is 7.85. The van der Waals surface area contributed by atoms with Gasteiger partial charge in [-0.15, -0.1) is 13.2 Å². The minimum Gasteiger partial charge on any atom is -0.744 e. The molecule has 0 saturated carbocycles. The highest BCUT2D eigenvalue weighted by Crippen LogP contribution is 2.40. The van der Waals surface area contributed by atoms with Gasteiger partial charge in [0, 0.05) is 29.2 Å². The molecule has 4 heterocycles. The van der Waals surface area contributed by atoms with Crippen molar-refractivity contribution in [3.63, 3.8) is 0 Å². The monoisotopic (exact) mass is 778 g/mol. The van der Waals surface area contributed by atoms with Gasteiger partial charge in [0.05, 0.1) is 29.0 Å². The number of allylic oxidation sites excluding steroid dienone is 4. The number of benzene rings is 3. The van der Waals surface area contributed by atoms with Gasteiger partial charge in [-0.05, 0) is 61.5 Å². The van der Waals surface area contributed by atoms with Crippen molar-refractivity contribution in [1.29, 1.82) is 0 Å². The van der Waals surface area contributed by atoms with Crippen LogP contribution in [0.1, 0.15) is 11.4 Å². The number of anilines is 2. The molecule has 11 nitrogen and oxygen atoms in total. The number of nitrogens with zero attached hydrogens (tertiary/aromatic N) is 8. The molecular formula is C40H36Cl2N8O3S. The Morgan fingerprint density at radius 3 is 1.85 bits per heavy atom. The van der Waals surface area contributed by atoms with Crippen molar-refractivity contribution in [3.05, 3.63) is 151 Å². The predicted octanol–water partition coefficient (Wildman–Crippen LogP) is 7.95. The largest absolute Gasteiger partial charge is 0.744 e. The Kier molecular flexibility index (Phi) is 11.4. The molecule has 3 aromatic heterocycles. The molecule has 3 aromatic carbocycles. The van der Waals surface area contributed by atoms with E-state index in [1.807, 2.05) is 85.9 Å². The van der Waals surface area contributed by atoms with Crippen LogP contribution in [-0.2, 0) is 23.2 Å². The summed E-state index contributed by atoms with van der Waals surface area (Å²) in [5.41, 5.74) is 5.39. The number of rotatable bonds is 11. The molecule has 0 saturated heterocycles. The van der Waals surface area contributed by atoms with Crippen LogP contribution in [0.3, 0.4) is 0 Å². The zero-order valence-electron chi connectivity index (χ0n) is 29.4. The van der Waals surface area contributed by atoms with Crippen molar-refractivity contribution in [2.24, 2.45) is 0 Å². The number of aromatic nitrogens is 6. The van der Waals surface area contributed by atoms with Crippen LogP contribution in [0, 0.1) is 6.92 Å². The smallest absolute Gasteiger partial charge is 0.323 e. The molecule has 0 amide bonds. The van der Waals surface area contributed by atoms with Gasteiger partial charge in [0.1, 0.15) is 21.5 Å². The third kappa shape index (κ3) is 7.82. The van der Waals surface area contributed by atoms with Crippen molar-refractivity contribution in [1.82, 2.24) is 24.5 Å². The maximum Gasteiger partial charge on any atom is 0.323 e. The van der Waals surface area contributed by atoms with Crippen molar-refractivity contribution in [2.75, 3.05) is 22.9 Å². The highest BCUT2D eigenvalue weighted by Gasteiger charge is 2.33. The lowest BCUT2D eigenvalue weighted by molar-refractivity contribution is -0.665. The molecule has 0 unspecified atom stereocenters. The SMILES string of the molecule is C=CCN1C(=CC=Cc2n(CC=C)c3nc4cc(Cl)ccc4nc3[n+]2CC=C)N(CC=C)c2nc3cc(Cl)ccc3nc21.Cc1ccc(S(=O)(=O)[O-])cc1. The summed E-state index contributed by atoms with van der Waals surface area (Å²) in [5, 5.41) is 1.22. The quantitative estimate of drug-likeness (QED) is 0.0733. The summed E-state index contributed by atoms with van der Waals surface area (Å²) in [5.74, 6) is 3.27. The van der Waals surface area contributed by atoms with Crippen LogP contribution < -0.4 is 14.4 Å². The first kappa shape index (κ1) is 38.1. The van der Waals surface area contributed by atoms with Crippen molar-refractivity contribution in [3.8, 4) is 0 Å². The molecular weight excluding hydrogens is 743 g/mol. The fraction of sp³-hybridized carbons (Fsp3) is 0.125. The maximum absolute atomic E-state index is 10.4. The molecule has 0 aliphatic carbocycles. The summed E-state index contributed by atoms with van der Waals surface area (Å²) >= 11 is 12.5. The Hall–Kier alpha value is -5.66. The molecule has 7 rings (SSSR count). The van der Waals surface area contributed by atoms with E-state index in [9.17, 15) is 13.0 Å². The lowest BCUT2D eigenvalue weighted by Crippen LogP contribution is -2.36. The van der Waals surface area contributed by atoms with E-state index in [2.05, 4.69) is 45.2 Å². The van der Waals surface area contributed by atoms with E-state index in [0.29, 0.717) is 36.2 Å². The predicted molar refractivity (Wildman–Crippen MR) is 217 cm³/mol. The van der Waals surface area contributed by atoms with Crippen LogP contribution in [0.4, 0.5) is 11.6 Å². The van der Waals surface area contributed by atoms with Gasteiger partial charge in [-0.3, -0.25) is 0 Å². The van der Waals surface area contributed by atoms with Crippen LogP contribution >= 0.6 is 23.2 Å². The van der Waals surface area contributed by atoms with E-state index in [4.69, 9.17) is 43.1 Å². The van der Waals surface area contributed by atoms with Crippen LogP contribution in [-0.4, -0.2) is 50.6 Å². The molecule has 0 spiro atoms. The fourth-order valence-electron chi connectivity index (χ4n) is 5.99. The number of imidazole rings is 1. The van der Waals surface area contributed by atoms with E-state index < -0.39 is 10.1 Å². The number of halogens is 2. The lowest BCUT2D eigenvalue weighted by Gasteiger charge is -2.22. The van der Waals surface area contributed by atoms with E-state index in [1.165, 1.54) is 12.1 Å². The molecule has 54 heavy (non-hydrogen) atoms. The summed E-state index contributed by atoms with van der Waals surface area (Å²) in [4.78, 5) is 23.8. The minimum atomic E-state index is -4.27. The topological polar surface area (TPSA) is 124 Å². The maximum atomic E-state index is 10.4. The summed E-state index contributed by atoms with van der Waals surface area (Å²) in [6.45, 7) is 19.9. The first-order chi connectivity index (χ1) is 26.0. The first-order valence-electron chi connectivity index (χ1n) is 16.7. The second-order valence-corrected chi connectivity index (χ2v) is 14.4. The molecule has 0 atom stereocenters. The fourth-order valence-corrected chi connectivity index (χ4v) is 6.79. The number of hydrogen-bond acceptors (Lipinski definition) is 9. The van der Waals surface area contributed by atoms with E-state index in [-0.39, 0.29) is 4.90 Å². The zero-order valence-corrected chi connectivity index (χ0v) is 31.8. The van der Waals surface area contributed by atoms with Gasteiger partial charge < -0.3 is 14.4 Å². The van der Waals surface area contributed by atoms with Crippen LogP contribution in [0.25, 0.3) is 39.4 Å². The van der Waals surface area contributed by atoms with Crippen molar-refractivity contribution < 1.29 is 17.5 Å². The highest BCUT2D eigenvalue weighted by atomic mass is 35.5. The second kappa shape index (κ2) is 16.1. The van der Waals surface area contributed by atoms with Crippen LogP contribution in [0.2, 0.25) is 10.0 Å². The number of aryl methyl sites for hydroxylation is 1. The van der Waals surface area contributed by atoms with Gasteiger partial charge in [0.2, 0.25) is 5.82 Å². The second-order valence-electron chi connectivity index (χ2n) is 12.1. The van der Waals surface area contributed by atoms with E-state index in [0.717, 1.165) is 62.2 Å². The molecule has 6 aromatic rings. The Morgan fingerprint density at radius 1 is 0.741 bits per heavy atom. The Labute approximate surface area is 323 Å². The number of hydrogen-bond donors (Lipinski definition) is 0. The van der Waals surface area contributed by atoms with Crippen molar-refractivity contribution in [2.45, 2.75) is 24.9 Å². The van der Waals surface area contributed by atoms with Gasteiger partial charge >= 0.3 is 5.65 Å². The Balaban J connectivity index is 0.000000389. The van der Waals surface area contributed by atoms with Crippen LogP contribution in [0.15, 0.2) is 134 Å². The molecule has 0 fully saturated rings. The summed E-state index contributed by atoms with van der Waals surface area (Å²) in [6.07, 6.45) is 13.5. The lowest BCUT2D eigenvalue weighted by atomic mass is 10.2. The summed E-state index contributed by atoms with van der Waals surface area (Å²) in [6, 6.07) is 16.8. The molecule has 0 N–H and O–H groups in total.